The molecule has 1 N–H and O–H groups in total. The molecule has 0 aliphatic carbocycles. The normalized spacial score (nSPS) is 19.3. The van der Waals surface area contributed by atoms with E-state index in [0.717, 1.165) is 30.7 Å². The highest BCUT2D eigenvalue weighted by Gasteiger charge is 2.31. The summed E-state index contributed by atoms with van der Waals surface area (Å²) in [6, 6.07) is 4.62. The van der Waals surface area contributed by atoms with Gasteiger partial charge in [0.1, 0.15) is 6.04 Å². The average Bonchev–Trinajstić information content (AvgIpc) is 2.36. The predicted molar refractivity (Wildman–Crippen MR) is 78.6 cm³/mol. The number of carboxylic acids is 1. The van der Waals surface area contributed by atoms with E-state index in [2.05, 4.69) is 20.8 Å². The summed E-state index contributed by atoms with van der Waals surface area (Å²) in [5, 5.41) is 10.1. The molecule has 1 saturated heterocycles. The monoisotopic (exact) mass is 346 g/mol. The molecule has 1 heterocycles. The van der Waals surface area contributed by atoms with Gasteiger partial charge in [0.15, 0.2) is 0 Å². The van der Waals surface area contributed by atoms with Crippen LogP contribution in [0.1, 0.15) is 11.6 Å². The molecule has 0 radical (unpaired) electrons. The van der Waals surface area contributed by atoms with Gasteiger partial charge in [0, 0.05) is 35.7 Å². The number of hydrogen-bond donors (Lipinski definition) is 1. The summed E-state index contributed by atoms with van der Waals surface area (Å²) >= 11 is 9.41. The molecule has 1 atom stereocenters. The van der Waals surface area contributed by atoms with Gasteiger partial charge in [-0.1, -0.05) is 27.5 Å². The number of rotatable bonds is 3. The second-order valence-corrected chi connectivity index (χ2v) is 6.04. The zero-order chi connectivity index (χ0) is 14.0. The van der Waals surface area contributed by atoms with Crippen molar-refractivity contribution in [2.75, 3.05) is 33.2 Å². The van der Waals surface area contributed by atoms with E-state index in [1.807, 2.05) is 11.9 Å². The van der Waals surface area contributed by atoms with Crippen molar-refractivity contribution < 1.29 is 9.90 Å². The molecule has 4 nitrogen and oxygen atoms in total. The number of carbonyl (C=O) groups is 1. The largest absolute Gasteiger partial charge is 0.480 e. The second-order valence-electron chi connectivity index (χ2n) is 4.75. The molecule has 0 saturated carbocycles. The lowest BCUT2D eigenvalue weighted by Gasteiger charge is -2.36. The minimum absolute atomic E-state index is 0.554. The molecule has 0 amide bonds. The second kappa shape index (κ2) is 6.22. The molecule has 104 valence electrons. The van der Waals surface area contributed by atoms with Crippen LogP contribution in [0.2, 0.25) is 5.02 Å². The predicted octanol–water partition coefficient (Wildman–Crippen LogP) is 2.48. The van der Waals surface area contributed by atoms with Crippen molar-refractivity contribution in [1.29, 1.82) is 0 Å². The first-order chi connectivity index (χ1) is 8.99. The molecule has 0 spiro atoms. The molecule has 2 rings (SSSR count). The van der Waals surface area contributed by atoms with Crippen LogP contribution in [0, 0.1) is 0 Å². The smallest absolute Gasteiger partial charge is 0.325 e. The van der Waals surface area contributed by atoms with Gasteiger partial charge in [-0.3, -0.25) is 9.69 Å². The van der Waals surface area contributed by atoms with E-state index in [0.29, 0.717) is 10.6 Å². The first-order valence-electron chi connectivity index (χ1n) is 6.09. The zero-order valence-electron chi connectivity index (χ0n) is 10.6. The first-order valence-corrected chi connectivity index (χ1v) is 7.26. The van der Waals surface area contributed by atoms with Gasteiger partial charge in [-0.15, -0.1) is 0 Å². The Morgan fingerprint density at radius 1 is 1.37 bits per heavy atom. The molecule has 1 aromatic rings. The Bertz CT molecular complexity index is 476. The van der Waals surface area contributed by atoms with E-state index in [1.54, 1.807) is 18.2 Å². The fraction of sp³-hybridized carbons (Fsp3) is 0.462. The number of halogens is 2. The molecule has 1 fully saturated rings. The molecular weight excluding hydrogens is 332 g/mol. The summed E-state index contributed by atoms with van der Waals surface area (Å²) in [7, 11) is 2.04. The molecule has 1 aliphatic rings. The Balaban J connectivity index is 2.30. The number of hydrogen-bond acceptors (Lipinski definition) is 3. The Morgan fingerprint density at radius 3 is 2.58 bits per heavy atom. The van der Waals surface area contributed by atoms with E-state index >= 15 is 0 Å². The van der Waals surface area contributed by atoms with Crippen LogP contribution in [-0.4, -0.2) is 54.1 Å². The van der Waals surface area contributed by atoms with Crippen molar-refractivity contribution in [3.63, 3.8) is 0 Å². The van der Waals surface area contributed by atoms with E-state index in [9.17, 15) is 9.90 Å². The van der Waals surface area contributed by atoms with Crippen molar-refractivity contribution in [2.24, 2.45) is 0 Å². The Labute approximate surface area is 126 Å². The van der Waals surface area contributed by atoms with Crippen molar-refractivity contribution >= 4 is 33.5 Å². The highest BCUT2D eigenvalue weighted by Crippen LogP contribution is 2.31. The fourth-order valence-electron chi connectivity index (χ4n) is 2.29. The van der Waals surface area contributed by atoms with Gasteiger partial charge < -0.3 is 10.0 Å². The van der Waals surface area contributed by atoms with Crippen LogP contribution in [0.15, 0.2) is 22.7 Å². The van der Waals surface area contributed by atoms with Gasteiger partial charge in [-0.25, -0.2) is 0 Å². The third-order valence-corrected chi connectivity index (χ3v) is 4.35. The minimum atomic E-state index is -0.840. The van der Waals surface area contributed by atoms with Crippen molar-refractivity contribution in [3.05, 3.63) is 33.3 Å². The van der Waals surface area contributed by atoms with Gasteiger partial charge in [0.05, 0.1) is 0 Å². The van der Waals surface area contributed by atoms with Gasteiger partial charge in [0.2, 0.25) is 0 Å². The SMILES string of the molecule is CN1CCN(C(C(=O)O)c2cc(Cl)ccc2Br)CC1. The highest BCUT2D eigenvalue weighted by atomic mass is 79.9. The third kappa shape index (κ3) is 3.48. The summed E-state index contributed by atoms with van der Waals surface area (Å²) in [4.78, 5) is 15.8. The molecule has 0 bridgehead atoms. The quantitative estimate of drug-likeness (QED) is 0.912. The maximum absolute atomic E-state index is 11.6. The Kier molecular flexibility index (Phi) is 4.84. The molecular formula is C13H16BrClN2O2. The van der Waals surface area contributed by atoms with E-state index in [4.69, 9.17) is 11.6 Å². The number of piperazine rings is 1. The Morgan fingerprint density at radius 2 is 2.00 bits per heavy atom. The topological polar surface area (TPSA) is 43.8 Å². The Hall–Kier alpha value is -0.620. The molecule has 1 aromatic carbocycles. The molecule has 1 unspecified atom stereocenters. The van der Waals surface area contributed by atoms with Crippen LogP contribution in [0.5, 0.6) is 0 Å². The van der Waals surface area contributed by atoms with E-state index in [1.165, 1.54) is 0 Å². The number of benzene rings is 1. The molecule has 0 aromatic heterocycles. The summed E-state index contributed by atoms with van der Waals surface area (Å²) in [6.07, 6.45) is 0. The summed E-state index contributed by atoms with van der Waals surface area (Å²) in [5.74, 6) is -0.840. The van der Waals surface area contributed by atoms with Crippen LogP contribution >= 0.6 is 27.5 Å². The van der Waals surface area contributed by atoms with Gasteiger partial charge in [-0.2, -0.15) is 0 Å². The lowest BCUT2D eigenvalue weighted by molar-refractivity contribution is -0.144. The summed E-state index contributed by atoms with van der Waals surface area (Å²) in [6.45, 7) is 3.24. The zero-order valence-corrected chi connectivity index (χ0v) is 13.0. The molecule has 1 aliphatic heterocycles. The number of aliphatic carboxylic acids is 1. The molecule has 6 heteroatoms. The van der Waals surface area contributed by atoms with Crippen molar-refractivity contribution in [2.45, 2.75) is 6.04 Å². The average molecular weight is 348 g/mol. The molecule has 19 heavy (non-hydrogen) atoms. The van der Waals surface area contributed by atoms with Gasteiger partial charge in [-0.05, 0) is 30.8 Å². The lowest BCUT2D eigenvalue weighted by Crippen LogP contribution is -2.47. The fourth-order valence-corrected chi connectivity index (χ4v) is 2.93. The van der Waals surface area contributed by atoms with Gasteiger partial charge in [0.25, 0.3) is 0 Å². The van der Waals surface area contributed by atoms with Crippen LogP contribution in [0.4, 0.5) is 0 Å². The highest BCUT2D eigenvalue weighted by molar-refractivity contribution is 9.10. The van der Waals surface area contributed by atoms with E-state index in [-0.39, 0.29) is 0 Å². The third-order valence-electron chi connectivity index (χ3n) is 3.39. The van der Waals surface area contributed by atoms with E-state index < -0.39 is 12.0 Å². The van der Waals surface area contributed by atoms with Crippen LogP contribution < -0.4 is 0 Å². The standard InChI is InChI=1S/C13H16BrClN2O2/c1-16-4-6-17(7-5-16)12(13(18)19)10-8-9(15)2-3-11(10)14/h2-3,8,12H,4-7H2,1H3,(H,18,19). The van der Waals surface area contributed by atoms with Crippen molar-refractivity contribution in [1.82, 2.24) is 9.80 Å². The lowest BCUT2D eigenvalue weighted by atomic mass is 10.0. The number of carboxylic acid groups (broad SMARTS) is 1. The number of nitrogens with zero attached hydrogens (tertiary/aromatic N) is 2. The van der Waals surface area contributed by atoms with Crippen LogP contribution in [-0.2, 0) is 4.79 Å². The van der Waals surface area contributed by atoms with Crippen molar-refractivity contribution in [3.8, 4) is 0 Å². The van der Waals surface area contributed by atoms with Gasteiger partial charge >= 0.3 is 5.97 Å². The first kappa shape index (κ1) is 14.8. The summed E-state index contributed by atoms with van der Waals surface area (Å²) < 4.78 is 0.781. The van der Waals surface area contributed by atoms with Crippen LogP contribution in [0.25, 0.3) is 0 Å². The maximum Gasteiger partial charge on any atom is 0.325 e. The van der Waals surface area contributed by atoms with Crippen LogP contribution in [0.3, 0.4) is 0 Å². The maximum atomic E-state index is 11.6. The summed E-state index contributed by atoms with van der Waals surface area (Å²) in [5.41, 5.74) is 0.713. The number of likely N-dealkylation sites (N-methyl/N-ethyl adjacent to an activating group) is 1. The minimum Gasteiger partial charge on any atom is -0.480 e.